The van der Waals surface area contributed by atoms with Gasteiger partial charge in [-0.2, -0.15) is 4.98 Å². The highest BCUT2D eigenvalue weighted by Gasteiger charge is 2.36. The topological polar surface area (TPSA) is 38.9 Å². The summed E-state index contributed by atoms with van der Waals surface area (Å²) in [5, 5.41) is 4.26. The van der Waals surface area contributed by atoms with Gasteiger partial charge in [-0.15, -0.1) is 0 Å². The molecule has 0 saturated carbocycles. The lowest BCUT2D eigenvalue weighted by Crippen LogP contribution is -2.27. The maximum absolute atomic E-state index is 5.44. The molecule has 0 amide bonds. The Morgan fingerprint density at radius 1 is 1.15 bits per heavy atom. The molecule has 1 unspecified atom stereocenters. The molecule has 108 valence electrons. The summed E-state index contributed by atoms with van der Waals surface area (Å²) < 4.78 is 5.44. The van der Waals surface area contributed by atoms with Crippen LogP contribution >= 0.6 is 15.9 Å². The van der Waals surface area contributed by atoms with Crippen LogP contribution in [-0.2, 0) is 5.41 Å². The highest BCUT2D eigenvalue weighted by molar-refractivity contribution is 9.09. The molecule has 2 rings (SSSR count). The van der Waals surface area contributed by atoms with Crippen LogP contribution in [0.2, 0.25) is 0 Å². The number of alkyl halides is 1. The van der Waals surface area contributed by atoms with Gasteiger partial charge in [-0.1, -0.05) is 72.2 Å². The van der Waals surface area contributed by atoms with Gasteiger partial charge in [0.2, 0.25) is 5.89 Å². The second-order valence-electron chi connectivity index (χ2n) is 4.99. The third-order valence-electron chi connectivity index (χ3n) is 4.03. The van der Waals surface area contributed by atoms with Gasteiger partial charge in [-0.3, -0.25) is 0 Å². The molecule has 0 aliphatic heterocycles. The monoisotopic (exact) mass is 336 g/mol. The fourth-order valence-corrected chi connectivity index (χ4v) is 2.78. The zero-order chi connectivity index (χ0) is 14.6. The van der Waals surface area contributed by atoms with E-state index in [0.29, 0.717) is 5.89 Å². The Hall–Kier alpha value is -1.16. The summed E-state index contributed by atoms with van der Waals surface area (Å²) in [5.74, 6) is 1.46. The SMILES string of the molecule is CCC(Br)c1nc(C(CC)(CC)c2ccccc2)no1. The summed E-state index contributed by atoms with van der Waals surface area (Å²) >= 11 is 3.57. The molecule has 20 heavy (non-hydrogen) atoms. The van der Waals surface area contributed by atoms with Gasteiger partial charge in [0.05, 0.1) is 10.2 Å². The minimum absolute atomic E-state index is 0.130. The minimum atomic E-state index is -0.163. The molecule has 0 N–H and O–H groups in total. The fourth-order valence-electron chi connectivity index (χ4n) is 2.59. The Labute approximate surface area is 128 Å². The second kappa shape index (κ2) is 6.53. The highest BCUT2D eigenvalue weighted by Crippen LogP contribution is 2.38. The van der Waals surface area contributed by atoms with Crippen LogP contribution < -0.4 is 0 Å². The van der Waals surface area contributed by atoms with E-state index in [9.17, 15) is 0 Å². The number of aromatic nitrogens is 2. The summed E-state index contributed by atoms with van der Waals surface area (Å²) in [4.78, 5) is 4.78. The third kappa shape index (κ3) is 2.66. The van der Waals surface area contributed by atoms with Crippen LogP contribution in [0.1, 0.15) is 62.1 Å². The smallest absolute Gasteiger partial charge is 0.240 e. The van der Waals surface area contributed by atoms with E-state index in [1.54, 1.807) is 0 Å². The Bertz CT molecular complexity index is 534. The molecular formula is C16H21BrN2O. The van der Waals surface area contributed by atoms with Crippen molar-refractivity contribution in [1.29, 1.82) is 0 Å². The van der Waals surface area contributed by atoms with Crippen molar-refractivity contribution in [3.8, 4) is 0 Å². The zero-order valence-electron chi connectivity index (χ0n) is 12.3. The predicted molar refractivity (Wildman–Crippen MR) is 84.1 cm³/mol. The fraction of sp³-hybridized carbons (Fsp3) is 0.500. The van der Waals surface area contributed by atoms with Crippen LogP contribution in [0.3, 0.4) is 0 Å². The summed E-state index contributed by atoms with van der Waals surface area (Å²) in [6.45, 7) is 6.45. The van der Waals surface area contributed by atoms with Crippen LogP contribution in [0, 0.1) is 0 Å². The summed E-state index contributed by atoms with van der Waals surface area (Å²) in [5.41, 5.74) is 1.09. The Morgan fingerprint density at radius 2 is 1.80 bits per heavy atom. The number of hydrogen-bond donors (Lipinski definition) is 0. The van der Waals surface area contributed by atoms with Crippen LogP contribution in [0.5, 0.6) is 0 Å². The highest BCUT2D eigenvalue weighted by atomic mass is 79.9. The van der Waals surface area contributed by atoms with Crippen LogP contribution in [0.15, 0.2) is 34.9 Å². The van der Waals surface area contributed by atoms with Gasteiger partial charge in [0.15, 0.2) is 5.82 Å². The van der Waals surface area contributed by atoms with Crippen molar-refractivity contribution in [2.75, 3.05) is 0 Å². The molecule has 0 saturated heterocycles. The first-order chi connectivity index (χ1) is 9.67. The quantitative estimate of drug-likeness (QED) is 0.695. The number of hydrogen-bond acceptors (Lipinski definition) is 3. The van der Waals surface area contributed by atoms with Gasteiger partial charge < -0.3 is 4.52 Å². The van der Waals surface area contributed by atoms with E-state index in [0.717, 1.165) is 25.1 Å². The molecule has 3 nitrogen and oxygen atoms in total. The van der Waals surface area contributed by atoms with Gasteiger partial charge in [0.1, 0.15) is 0 Å². The summed E-state index contributed by atoms with van der Waals surface area (Å²) in [6.07, 6.45) is 2.83. The lowest BCUT2D eigenvalue weighted by Gasteiger charge is -2.28. The van der Waals surface area contributed by atoms with Gasteiger partial charge >= 0.3 is 0 Å². The average Bonchev–Trinajstić information content (AvgIpc) is 3.00. The van der Waals surface area contributed by atoms with Crippen LogP contribution in [0.4, 0.5) is 0 Å². The molecule has 0 aliphatic carbocycles. The Morgan fingerprint density at radius 3 is 2.35 bits per heavy atom. The molecule has 0 bridgehead atoms. The molecule has 1 heterocycles. The van der Waals surface area contributed by atoms with Crippen molar-refractivity contribution in [3.05, 3.63) is 47.6 Å². The number of rotatable bonds is 6. The van der Waals surface area contributed by atoms with E-state index >= 15 is 0 Å². The lowest BCUT2D eigenvalue weighted by molar-refractivity contribution is 0.352. The van der Waals surface area contributed by atoms with E-state index in [1.165, 1.54) is 5.56 Å². The maximum Gasteiger partial charge on any atom is 0.240 e. The predicted octanol–water partition coefficient (Wildman–Crippen LogP) is 5.02. The van der Waals surface area contributed by atoms with Crippen LogP contribution in [-0.4, -0.2) is 10.1 Å². The van der Waals surface area contributed by atoms with E-state index in [1.807, 2.05) is 6.07 Å². The summed E-state index contributed by atoms with van der Waals surface area (Å²) in [7, 11) is 0. The standard InChI is InChI=1S/C16H21BrN2O/c1-4-13(17)14-18-15(19-20-14)16(5-2,6-3)12-10-8-7-9-11-12/h7-11,13H,4-6H2,1-3H3. The van der Waals surface area contributed by atoms with Crippen molar-refractivity contribution < 1.29 is 4.52 Å². The van der Waals surface area contributed by atoms with E-state index in [-0.39, 0.29) is 10.2 Å². The zero-order valence-corrected chi connectivity index (χ0v) is 13.9. The molecule has 0 radical (unpaired) electrons. The number of halogens is 1. The van der Waals surface area contributed by atoms with Gasteiger partial charge in [0, 0.05) is 0 Å². The Balaban J connectivity index is 2.46. The van der Waals surface area contributed by atoms with Gasteiger partial charge in [-0.25, -0.2) is 0 Å². The van der Waals surface area contributed by atoms with Crippen molar-refractivity contribution in [2.45, 2.75) is 50.3 Å². The lowest BCUT2D eigenvalue weighted by atomic mass is 9.75. The normalized spacial score (nSPS) is 13.4. The first-order valence-electron chi connectivity index (χ1n) is 7.21. The molecule has 1 aromatic heterocycles. The molecule has 1 atom stereocenters. The maximum atomic E-state index is 5.44. The molecule has 4 heteroatoms. The van der Waals surface area contributed by atoms with Crippen LogP contribution in [0.25, 0.3) is 0 Å². The number of benzene rings is 1. The van der Waals surface area contributed by atoms with Gasteiger partial charge in [-0.05, 0) is 24.8 Å². The largest absolute Gasteiger partial charge is 0.338 e. The summed E-state index contributed by atoms with van der Waals surface area (Å²) in [6, 6.07) is 10.5. The minimum Gasteiger partial charge on any atom is -0.338 e. The number of nitrogens with zero attached hydrogens (tertiary/aromatic N) is 2. The molecule has 1 aromatic carbocycles. The van der Waals surface area contributed by atoms with E-state index in [2.05, 4.69) is 71.1 Å². The van der Waals surface area contributed by atoms with Crippen molar-refractivity contribution in [3.63, 3.8) is 0 Å². The van der Waals surface area contributed by atoms with Crippen molar-refractivity contribution in [2.24, 2.45) is 0 Å². The van der Waals surface area contributed by atoms with E-state index < -0.39 is 0 Å². The molecule has 0 spiro atoms. The first-order valence-corrected chi connectivity index (χ1v) is 8.13. The third-order valence-corrected chi connectivity index (χ3v) is 5.07. The molecular weight excluding hydrogens is 316 g/mol. The van der Waals surface area contributed by atoms with Gasteiger partial charge in [0.25, 0.3) is 0 Å². The Kier molecular flexibility index (Phi) is 4.97. The van der Waals surface area contributed by atoms with E-state index in [4.69, 9.17) is 4.52 Å². The van der Waals surface area contributed by atoms with Crippen molar-refractivity contribution >= 4 is 15.9 Å². The first kappa shape index (κ1) is 15.2. The molecule has 2 aromatic rings. The van der Waals surface area contributed by atoms with Crippen molar-refractivity contribution in [1.82, 2.24) is 10.1 Å². The molecule has 0 fully saturated rings. The average molecular weight is 337 g/mol. The second-order valence-corrected chi connectivity index (χ2v) is 6.09. The molecule has 0 aliphatic rings.